The van der Waals surface area contributed by atoms with Crippen molar-refractivity contribution in [1.82, 2.24) is 5.32 Å². The zero-order chi connectivity index (χ0) is 13.5. The van der Waals surface area contributed by atoms with E-state index in [0.717, 1.165) is 11.1 Å². The van der Waals surface area contributed by atoms with Gasteiger partial charge in [-0.3, -0.25) is 4.79 Å². The molecule has 4 heteroatoms. The molecule has 3 N–H and O–H groups in total. The SMILES string of the molecule is C=CCNC(=O)C(C)Oc1c(C)cccc1CN. The lowest BCUT2D eigenvalue weighted by Crippen LogP contribution is -2.36. The van der Waals surface area contributed by atoms with Gasteiger partial charge in [-0.1, -0.05) is 24.3 Å². The van der Waals surface area contributed by atoms with Crippen molar-refractivity contribution in [2.75, 3.05) is 6.54 Å². The third kappa shape index (κ3) is 3.60. The molecule has 1 rings (SSSR count). The Kier molecular flexibility index (Phi) is 5.39. The fraction of sp³-hybridized carbons (Fsp3) is 0.357. The number of para-hydroxylation sites is 1. The normalized spacial score (nSPS) is 11.7. The molecule has 0 aromatic heterocycles. The van der Waals surface area contributed by atoms with Crippen LogP contribution in [0.5, 0.6) is 5.75 Å². The molecule has 0 saturated heterocycles. The molecule has 4 nitrogen and oxygen atoms in total. The minimum absolute atomic E-state index is 0.166. The first-order valence-electron chi connectivity index (χ1n) is 5.94. The predicted molar refractivity (Wildman–Crippen MR) is 72.4 cm³/mol. The average molecular weight is 248 g/mol. The summed E-state index contributed by atoms with van der Waals surface area (Å²) in [5.41, 5.74) is 7.53. The highest BCUT2D eigenvalue weighted by Crippen LogP contribution is 2.24. The van der Waals surface area contributed by atoms with Crippen LogP contribution >= 0.6 is 0 Å². The van der Waals surface area contributed by atoms with Crippen molar-refractivity contribution < 1.29 is 9.53 Å². The minimum atomic E-state index is -0.559. The summed E-state index contributed by atoms with van der Waals surface area (Å²) in [6.07, 6.45) is 1.07. The van der Waals surface area contributed by atoms with E-state index in [0.29, 0.717) is 18.8 Å². The monoisotopic (exact) mass is 248 g/mol. The molecule has 98 valence electrons. The molecule has 0 bridgehead atoms. The zero-order valence-electron chi connectivity index (χ0n) is 10.9. The lowest BCUT2D eigenvalue weighted by Gasteiger charge is -2.18. The van der Waals surface area contributed by atoms with Crippen molar-refractivity contribution in [2.45, 2.75) is 26.5 Å². The quantitative estimate of drug-likeness (QED) is 0.750. The number of benzene rings is 1. The van der Waals surface area contributed by atoms with Gasteiger partial charge in [-0.05, 0) is 19.4 Å². The first-order valence-corrected chi connectivity index (χ1v) is 5.94. The maximum absolute atomic E-state index is 11.7. The molecule has 0 aliphatic heterocycles. The molecule has 1 aromatic rings. The Morgan fingerprint density at radius 1 is 1.61 bits per heavy atom. The third-order valence-electron chi connectivity index (χ3n) is 2.60. The number of amides is 1. The molecule has 18 heavy (non-hydrogen) atoms. The van der Waals surface area contributed by atoms with Gasteiger partial charge in [0.1, 0.15) is 5.75 Å². The molecule has 1 atom stereocenters. The number of rotatable bonds is 6. The van der Waals surface area contributed by atoms with Gasteiger partial charge in [-0.2, -0.15) is 0 Å². The Bertz CT molecular complexity index is 430. The summed E-state index contributed by atoms with van der Waals surface area (Å²) in [5, 5.41) is 2.70. The molecule has 0 fully saturated rings. The van der Waals surface area contributed by atoms with Gasteiger partial charge in [-0.25, -0.2) is 0 Å². The number of carbonyl (C=O) groups is 1. The fourth-order valence-corrected chi connectivity index (χ4v) is 1.59. The highest BCUT2D eigenvalue weighted by molar-refractivity contribution is 5.80. The van der Waals surface area contributed by atoms with Crippen molar-refractivity contribution in [2.24, 2.45) is 5.73 Å². The van der Waals surface area contributed by atoms with Crippen LogP contribution in [0.1, 0.15) is 18.1 Å². The molecule has 0 saturated carbocycles. The van der Waals surface area contributed by atoms with E-state index in [2.05, 4.69) is 11.9 Å². The van der Waals surface area contributed by atoms with Gasteiger partial charge in [0.05, 0.1) is 0 Å². The number of hydrogen-bond acceptors (Lipinski definition) is 3. The lowest BCUT2D eigenvalue weighted by atomic mass is 10.1. The minimum Gasteiger partial charge on any atom is -0.480 e. The largest absolute Gasteiger partial charge is 0.480 e. The van der Waals surface area contributed by atoms with Gasteiger partial charge in [0.25, 0.3) is 5.91 Å². The van der Waals surface area contributed by atoms with Crippen LogP contribution in [-0.2, 0) is 11.3 Å². The molecule has 0 aliphatic rings. The summed E-state index contributed by atoms with van der Waals surface area (Å²) >= 11 is 0. The van der Waals surface area contributed by atoms with Crippen LogP contribution < -0.4 is 15.8 Å². The summed E-state index contributed by atoms with van der Waals surface area (Å²) in [7, 11) is 0. The van der Waals surface area contributed by atoms with E-state index in [1.54, 1.807) is 13.0 Å². The van der Waals surface area contributed by atoms with Gasteiger partial charge >= 0.3 is 0 Å². The molecule has 0 aliphatic carbocycles. The van der Waals surface area contributed by atoms with Crippen LogP contribution in [-0.4, -0.2) is 18.6 Å². The van der Waals surface area contributed by atoms with E-state index < -0.39 is 6.10 Å². The van der Waals surface area contributed by atoms with Crippen LogP contribution in [0.25, 0.3) is 0 Å². The van der Waals surface area contributed by atoms with Gasteiger partial charge in [0.15, 0.2) is 6.10 Å². The third-order valence-corrected chi connectivity index (χ3v) is 2.60. The maximum Gasteiger partial charge on any atom is 0.261 e. The van der Waals surface area contributed by atoms with Crippen molar-refractivity contribution >= 4 is 5.91 Å². The highest BCUT2D eigenvalue weighted by atomic mass is 16.5. The predicted octanol–water partition coefficient (Wildman–Crippen LogP) is 1.52. The van der Waals surface area contributed by atoms with Crippen molar-refractivity contribution in [3.05, 3.63) is 42.0 Å². The van der Waals surface area contributed by atoms with Gasteiger partial charge in [-0.15, -0.1) is 6.58 Å². The van der Waals surface area contributed by atoms with E-state index in [1.807, 2.05) is 25.1 Å². The van der Waals surface area contributed by atoms with E-state index in [1.165, 1.54) is 0 Å². The van der Waals surface area contributed by atoms with E-state index in [4.69, 9.17) is 10.5 Å². The van der Waals surface area contributed by atoms with Crippen LogP contribution in [0.15, 0.2) is 30.9 Å². The topological polar surface area (TPSA) is 64.3 Å². The number of ether oxygens (including phenoxy) is 1. The van der Waals surface area contributed by atoms with E-state index >= 15 is 0 Å². The van der Waals surface area contributed by atoms with Crippen LogP contribution in [0.3, 0.4) is 0 Å². The zero-order valence-corrected chi connectivity index (χ0v) is 10.9. The number of nitrogens with one attached hydrogen (secondary N) is 1. The second-order valence-electron chi connectivity index (χ2n) is 4.06. The Balaban J connectivity index is 2.77. The molecule has 1 amide bonds. The Morgan fingerprint density at radius 2 is 2.33 bits per heavy atom. The molecular formula is C14H20N2O2. The van der Waals surface area contributed by atoms with Gasteiger partial charge in [0, 0.05) is 18.7 Å². The summed E-state index contributed by atoms with van der Waals surface area (Å²) in [6.45, 7) is 8.01. The molecule has 0 spiro atoms. The molecule has 1 unspecified atom stereocenters. The van der Waals surface area contributed by atoms with Gasteiger partial charge in [0.2, 0.25) is 0 Å². The first-order chi connectivity index (χ1) is 8.60. The summed E-state index contributed by atoms with van der Waals surface area (Å²) in [4.78, 5) is 11.7. The van der Waals surface area contributed by atoms with Crippen LogP contribution in [0.4, 0.5) is 0 Å². The standard InChI is InChI=1S/C14H20N2O2/c1-4-8-16-14(17)11(3)18-13-10(2)6-5-7-12(13)9-15/h4-7,11H,1,8-9,15H2,2-3H3,(H,16,17). The average Bonchev–Trinajstić information content (AvgIpc) is 2.38. The number of aryl methyl sites for hydroxylation is 1. The Morgan fingerprint density at radius 3 is 2.94 bits per heavy atom. The van der Waals surface area contributed by atoms with Crippen molar-refractivity contribution in [3.8, 4) is 5.75 Å². The molecular weight excluding hydrogens is 228 g/mol. The van der Waals surface area contributed by atoms with E-state index in [9.17, 15) is 4.79 Å². The number of hydrogen-bond donors (Lipinski definition) is 2. The van der Waals surface area contributed by atoms with Crippen LogP contribution in [0.2, 0.25) is 0 Å². The number of nitrogens with two attached hydrogens (primary N) is 1. The summed E-state index contributed by atoms with van der Waals surface area (Å²) in [6, 6.07) is 5.76. The van der Waals surface area contributed by atoms with Gasteiger partial charge < -0.3 is 15.8 Å². The molecule has 0 heterocycles. The summed E-state index contributed by atoms with van der Waals surface area (Å²) < 4.78 is 5.70. The Hall–Kier alpha value is -1.81. The molecule has 0 radical (unpaired) electrons. The van der Waals surface area contributed by atoms with E-state index in [-0.39, 0.29) is 5.91 Å². The maximum atomic E-state index is 11.7. The first kappa shape index (κ1) is 14.3. The second-order valence-corrected chi connectivity index (χ2v) is 4.06. The molecule has 1 aromatic carbocycles. The van der Waals surface area contributed by atoms with Crippen LogP contribution in [0, 0.1) is 6.92 Å². The highest BCUT2D eigenvalue weighted by Gasteiger charge is 2.16. The second kappa shape index (κ2) is 6.81. The lowest BCUT2D eigenvalue weighted by molar-refractivity contribution is -0.127. The number of carbonyl (C=O) groups excluding carboxylic acids is 1. The van der Waals surface area contributed by atoms with Crippen molar-refractivity contribution in [3.63, 3.8) is 0 Å². The Labute approximate surface area is 108 Å². The fourth-order valence-electron chi connectivity index (χ4n) is 1.59. The summed E-state index contributed by atoms with van der Waals surface area (Å²) in [5.74, 6) is 0.530. The van der Waals surface area contributed by atoms with Crippen molar-refractivity contribution in [1.29, 1.82) is 0 Å². The smallest absolute Gasteiger partial charge is 0.261 e.